The molecule has 2 aromatic carbocycles. The van der Waals surface area contributed by atoms with E-state index in [0.717, 1.165) is 38.2 Å². The zero-order chi connectivity index (χ0) is 23.9. The summed E-state index contributed by atoms with van der Waals surface area (Å²) in [6.45, 7) is 2.87. The van der Waals surface area contributed by atoms with Gasteiger partial charge in [0.1, 0.15) is 5.69 Å². The summed E-state index contributed by atoms with van der Waals surface area (Å²) in [6.07, 6.45) is 1.86. The van der Waals surface area contributed by atoms with Gasteiger partial charge in [-0.25, -0.2) is 4.98 Å². The number of amides is 1. The number of anilines is 2. The molecule has 0 aliphatic carbocycles. The summed E-state index contributed by atoms with van der Waals surface area (Å²) in [4.78, 5) is 19.7. The fourth-order valence-corrected chi connectivity index (χ4v) is 4.76. The van der Waals surface area contributed by atoms with Crippen LogP contribution >= 0.6 is 11.3 Å². The number of likely N-dealkylation sites (tertiary alicyclic amines) is 1. The van der Waals surface area contributed by atoms with Crippen molar-refractivity contribution in [1.29, 1.82) is 0 Å². The lowest BCUT2D eigenvalue weighted by Gasteiger charge is -2.32. The third-order valence-electron chi connectivity index (χ3n) is 5.82. The Balaban J connectivity index is 1.32. The Morgan fingerprint density at radius 3 is 2.35 bits per heavy atom. The predicted molar refractivity (Wildman–Crippen MR) is 134 cm³/mol. The molecule has 1 saturated heterocycles. The normalized spacial score (nSPS) is 14.4. The van der Waals surface area contributed by atoms with Gasteiger partial charge in [0.2, 0.25) is 5.75 Å². The Morgan fingerprint density at radius 1 is 1.06 bits per heavy atom. The number of piperidine rings is 1. The second-order valence-electron chi connectivity index (χ2n) is 8.09. The van der Waals surface area contributed by atoms with Crippen LogP contribution in [0, 0.1) is 0 Å². The van der Waals surface area contributed by atoms with Crippen LogP contribution in [0.15, 0.2) is 47.8 Å². The molecular formula is C25H30N4O4S. The van der Waals surface area contributed by atoms with Gasteiger partial charge >= 0.3 is 0 Å². The number of rotatable bonds is 9. The SMILES string of the molecule is COc1cc(Nc2nc(C(=O)NC3CCN(Cc4ccccc4)CC3)cs2)cc(OC)c1OC. The molecule has 4 rings (SSSR count). The summed E-state index contributed by atoms with van der Waals surface area (Å²) in [6, 6.07) is 14.2. The standard InChI is InChI=1S/C25H30N4O4S/c1-31-21-13-19(14-22(32-2)23(21)33-3)27-25-28-20(16-34-25)24(30)26-18-9-11-29(12-10-18)15-17-7-5-4-6-8-17/h4-8,13-14,16,18H,9-12,15H2,1-3H3,(H,26,30)(H,27,28). The molecule has 9 heteroatoms. The zero-order valence-electron chi connectivity index (χ0n) is 19.7. The highest BCUT2D eigenvalue weighted by molar-refractivity contribution is 7.14. The van der Waals surface area contributed by atoms with Crippen molar-refractivity contribution in [3.8, 4) is 17.2 Å². The fourth-order valence-electron chi connectivity index (χ4n) is 4.05. The maximum atomic E-state index is 12.8. The molecule has 1 aromatic heterocycles. The smallest absolute Gasteiger partial charge is 0.271 e. The van der Waals surface area contributed by atoms with Crippen LogP contribution in [0.25, 0.3) is 0 Å². The van der Waals surface area contributed by atoms with Gasteiger partial charge in [-0.1, -0.05) is 30.3 Å². The topological polar surface area (TPSA) is 85.0 Å². The first-order valence-corrected chi connectivity index (χ1v) is 12.1. The number of nitrogens with zero attached hydrogens (tertiary/aromatic N) is 2. The van der Waals surface area contributed by atoms with Crippen molar-refractivity contribution in [2.24, 2.45) is 0 Å². The Labute approximate surface area is 203 Å². The van der Waals surface area contributed by atoms with E-state index in [2.05, 4.69) is 44.8 Å². The molecule has 0 saturated carbocycles. The van der Waals surface area contributed by atoms with Crippen molar-refractivity contribution in [1.82, 2.24) is 15.2 Å². The molecule has 8 nitrogen and oxygen atoms in total. The minimum absolute atomic E-state index is 0.143. The summed E-state index contributed by atoms with van der Waals surface area (Å²) >= 11 is 1.37. The number of aromatic nitrogens is 1. The van der Waals surface area contributed by atoms with Gasteiger partial charge < -0.3 is 24.8 Å². The van der Waals surface area contributed by atoms with Crippen LogP contribution in [0.2, 0.25) is 0 Å². The Bertz CT molecular complexity index is 1070. The Morgan fingerprint density at radius 2 is 1.74 bits per heavy atom. The maximum Gasteiger partial charge on any atom is 0.271 e. The molecule has 0 atom stereocenters. The molecule has 34 heavy (non-hydrogen) atoms. The van der Waals surface area contributed by atoms with Crippen molar-refractivity contribution in [2.45, 2.75) is 25.4 Å². The molecule has 1 aliphatic rings. The van der Waals surface area contributed by atoms with Crippen LogP contribution in [-0.4, -0.2) is 56.3 Å². The quantitative estimate of drug-likeness (QED) is 0.470. The lowest BCUT2D eigenvalue weighted by molar-refractivity contribution is 0.0904. The lowest BCUT2D eigenvalue weighted by atomic mass is 10.0. The van der Waals surface area contributed by atoms with Crippen LogP contribution in [0.4, 0.5) is 10.8 Å². The average Bonchev–Trinajstić information content (AvgIpc) is 3.34. The molecule has 0 radical (unpaired) electrons. The van der Waals surface area contributed by atoms with Crippen LogP contribution in [0.5, 0.6) is 17.2 Å². The van der Waals surface area contributed by atoms with Crippen molar-refractivity contribution in [2.75, 3.05) is 39.7 Å². The maximum absolute atomic E-state index is 12.8. The molecule has 3 aromatic rings. The molecule has 0 bridgehead atoms. The van der Waals surface area contributed by atoms with Gasteiger partial charge in [0.15, 0.2) is 16.6 Å². The van der Waals surface area contributed by atoms with Crippen LogP contribution in [0.3, 0.4) is 0 Å². The van der Waals surface area contributed by atoms with Gasteiger partial charge in [0.05, 0.1) is 21.3 Å². The second kappa shape index (κ2) is 11.2. The van der Waals surface area contributed by atoms with Crippen molar-refractivity contribution >= 4 is 28.1 Å². The van der Waals surface area contributed by atoms with Gasteiger partial charge in [-0.15, -0.1) is 11.3 Å². The molecule has 0 spiro atoms. The number of nitrogens with one attached hydrogen (secondary N) is 2. The van der Waals surface area contributed by atoms with E-state index >= 15 is 0 Å². The molecular weight excluding hydrogens is 452 g/mol. The largest absolute Gasteiger partial charge is 0.493 e. The first kappa shape index (κ1) is 23.8. The van der Waals surface area contributed by atoms with Crippen molar-refractivity contribution in [3.63, 3.8) is 0 Å². The summed E-state index contributed by atoms with van der Waals surface area (Å²) in [5.41, 5.74) is 2.45. The number of carbonyl (C=O) groups excluding carboxylic acids is 1. The van der Waals surface area contributed by atoms with E-state index in [1.807, 2.05) is 6.07 Å². The molecule has 0 unspecified atom stereocenters. The summed E-state index contributed by atoms with van der Waals surface area (Å²) in [7, 11) is 4.70. The molecule has 1 fully saturated rings. The number of ether oxygens (including phenoxy) is 3. The van der Waals surface area contributed by atoms with Gasteiger partial charge in [-0.3, -0.25) is 9.69 Å². The van der Waals surface area contributed by atoms with E-state index in [9.17, 15) is 4.79 Å². The minimum Gasteiger partial charge on any atom is -0.493 e. The average molecular weight is 483 g/mol. The highest BCUT2D eigenvalue weighted by Gasteiger charge is 2.22. The highest BCUT2D eigenvalue weighted by atomic mass is 32.1. The Kier molecular flexibility index (Phi) is 7.87. The van der Waals surface area contributed by atoms with Gasteiger partial charge in [-0.2, -0.15) is 0 Å². The predicted octanol–water partition coefficient (Wildman–Crippen LogP) is 4.31. The van der Waals surface area contributed by atoms with Crippen molar-refractivity contribution in [3.05, 3.63) is 59.1 Å². The van der Waals surface area contributed by atoms with Gasteiger partial charge in [0.25, 0.3) is 5.91 Å². The highest BCUT2D eigenvalue weighted by Crippen LogP contribution is 2.40. The molecule has 2 N–H and O–H groups in total. The number of carbonyl (C=O) groups is 1. The number of methoxy groups -OCH3 is 3. The monoisotopic (exact) mass is 482 g/mol. The Hall–Kier alpha value is -3.30. The zero-order valence-corrected chi connectivity index (χ0v) is 20.5. The van der Waals surface area contributed by atoms with E-state index < -0.39 is 0 Å². The lowest BCUT2D eigenvalue weighted by Crippen LogP contribution is -2.44. The molecule has 1 amide bonds. The van der Waals surface area contributed by atoms with E-state index in [1.54, 1.807) is 38.8 Å². The van der Waals surface area contributed by atoms with Crippen LogP contribution in [0.1, 0.15) is 28.9 Å². The molecule has 2 heterocycles. The first-order valence-electron chi connectivity index (χ1n) is 11.2. The van der Waals surface area contributed by atoms with E-state index in [0.29, 0.717) is 28.1 Å². The first-order chi connectivity index (χ1) is 16.6. The van der Waals surface area contributed by atoms with Gasteiger partial charge in [0, 0.05) is 48.9 Å². The second-order valence-corrected chi connectivity index (χ2v) is 8.94. The van der Waals surface area contributed by atoms with E-state index in [1.165, 1.54) is 16.9 Å². The van der Waals surface area contributed by atoms with Gasteiger partial charge in [-0.05, 0) is 18.4 Å². The summed E-state index contributed by atoms with van der Waals surface area (Å²) in [5, 5.41) is 8.73. The van der Waals surface area contributed by atoms with E-state index in [-0.39, 0.29) is 11.9 Å². The number of hydrogen-bond acceptors (Lipinski definition) is 8. The summed E-state index contributed by atoms with van der Waals surface area (Å²) in [5.74, 6) is 1.45. The fraction of sp³-hybridized carbons (Fsp3) is 0.360. The molecule has 1 aliphatic heterocycles. The van der Waals surface area contributed by atoms with E-state index in [4.69, 9.17) is 14.2 Å². The number of benzene rings is 2. The molecule has 180 valence electrons. The van der Waals surface area contributed by atoms with Crippen LogP contribution in [-0.2, 0) is 6.54 Å². The summed E-state index contributed by atoms with van der Waals surface area (Å²) < 4.78 is 16.2. The number of hydrogen-bond donors (Lipinski definition) is 2. The minimum atomic E-state index is -0.143. The third kappa shape index (κ3) is 5.78. The van der Waals surface area contributed by atoms with Crippen molar-refractivity contribution < 1.29 is 19.0 Å². The van der Waals surface area contributed by atoms with Crippen LogP contribution < -0.4 is 24.8 Å². The number of thiazole rings is 1. The third-order valence-corrected chi connectivity index (χ3v) is 6.58.